The molecule has 8 heteroatoms. The summed E-state index contributed by atoms with van der Waals surface area (Å²) in [5.41, 5.74) is 2.93. The van der Waals surface area contributed by atoms with Gasteiger partial charge in [-0.25, -0.2) is 4.79 Å². The Bertz CT molecular complexity index is 1230. The molecule has 0 atom stereocenters. The maximum absolute atomic E-state index is 12.8. The second kappa shape index (κ2) is 11.6. The third-order valence-corrected chi connectivity index (χ3v) is 6.63. The van der Waals surface area contributed by atoms with Gasteiger partial charge in [-0.2, -0.15) is 0 Å². The van der Waals surface area contributed by atoms with Crippen molar-refractivity contribution in [2.24, 2.45) is 0 Å². The molecule has 3 aromatic carbocycles. The largest absolute Gasteiger partial charge is 0.497 e. The quantitative estimate of drug-likeness (QED) is 0.368. The number of aryl methyl sites for hydroxylation is 1. The Morgan fingerprint density at radius 1 is 1.00 bits per heavy atom. The van der Waals surface area contributed by atoms with Crippen molar-refractivity contribution in [1.29, 1.82) is 0 Å². The molecule has 35 heavy (non-hydrogen) atoms. The van der Waals surface area contributed by atoms with Crippen molar-refractivity contribution in [1.82, 2.24) is 0 Å². The fourth-order valence-corrected chi connectivity index (χ4v) is 4.72. The third-order valence-electron chi connectivity index (χ3n) is 5.56. The van der Waals surface area contributed by atoms with Gasteiger partial charge < -0.3 is 19.7 Å². The van der Waals surface area contributed by atoms with Crippen LogP contribution >= 0.6 is 11.8 Å². The van der Waals surface area contributed by atoms with E-state index in [1.54, 1.807) is 60.5 Å². The normalized spacial score (nSPS) is 12.4. The fourth-order valence-electron chi connectivity index (χ4n) is 3.88. The molecule has 0 saturated carbocycles. The maximum atomic E-state index is 12.8. The molecule has 180 valence electrons. The van der Waals surface area contributed by atoms with Gasteiger partial charge in [0.15, 0.2) is 6.61 Å². The second-order valence-corrected chi connectivity index (χ2v) is 8.94. The molecule has 2 amide bonds. The molecule has 0 radical (unpaired) electrons. The number of nitrogens with zero attached hydrogens (tertiary/aromatic N) is 1. The minimum atomic E-state index is -0.597. The number of nitrogens with one attached hydrogen (secondary N) is 1. The Balaban J connectivity index is 1.34. The van der Waals surface area contributed by atoms with Crippen LogP contribution in [0, 0.1) is 0 Å². The molecule has 0 bridgehead atoms. The number of methoxy groups -OCH3 is 1. The summed E-state index contributed by atoms with van der Waals surface area (Å²) in [4.78, 5) is 40.3. The third kappa shape index (κ3) is 6.22. The van der Waals surface area contributed by atoms with Crippen LogP contribution in [0.4, 0.5) is 11.4 Å². The van der Waals surface area contributed by atoms with E-state index in [4.69, 9.17) is 9.47 Å². The van der Waals surface area contributed by atoms with E-state index < -0.39 is 5.97 Å². The molecule has 0 saturated heterocycles. The Labute approximate surface area is 208 Å². The molecule has 1 heterocycles. The minimum Gasteiger partial charge on any atom is -0.497 e. The van der Waals surface area contributed by atoms with E-state index >= 15 is 0 Å². The molecular weight excluding hydrogens is 464 g/mol. The highest BCUT2D eigenvalue weighted by Gasteiger charge is 2.24. The number of fused-ring (bicyclic) bond motifs is 1. The van der Waals surface area contributed by atoms with Crippen LogP contribution in [0.5, 0.6) is 5.75 Å². The smallest absolute Gasteiger partial charge is 0.339 e. The summed E-state index contributed by atoms with van der Waals surface area (Å²) in [6.07, 6.45) is 1.80. The molecule has 0 fully saturated rings. The van der Waals surface area contributed by atoms with Gasteiger partial charge in [-0.3, -0.25) is 9.59 Å². The second-order valence-electron chi connectivity index (χ2n) is 7.92. The van der Waals surface area contributed by atoms with Gasteiger partial charge in [0.1, 0.15) is 5.75 Å². The van der Waals surface area contributed by atoms with Crippen LogP contribution in [-0.2, 0) is 20.7 Å². The van der Waals surface area contributed by atoms with E-state index in [1.165, 1.54) is 11.8 Å². The van der Waals surface area contributed by atoms with Gasteiger partial charge in [-0.05, 0) is 48.7 Å². The van der Waals surface area contributed by atoms with Crippen LogP contribution in [0.25, 0.3) is 0 Å². The Kier molecular flexibility index (Phi) is 8.05. The van der Waals surface area contributed by atoms with E-state index in [0.29, 0.717) is 28.4 Å². The number of para-hydroxylation sites is 1. The zero-order chi connectivity index (χ0) is 24.6. The van der Waals surface area contributed by atoms with Crippen LogP contribution in [0.15, 0.2) is 77.7 Å². The van der Waals surface area contributed by atoms with Gasteiger partial charge in [0, 0.05) is 28.9 Å². The molecule has 0 spiro atoms. The number of ether oxygens (including phenoxy) is 2. The first-order valence-corrected chi connectivity index (χ1v) is 12.2. The van der Waals surface area contributed by atoms with E-state index in [1.807, 2.05) is 24.3 Å². The van der Waals surface area contributed by atoms with Crippen molar-refractivity contribution >= 4 is 40.9 Å². The number of carbonyl (C=O) groups excluding carboxylic acids is 3. The summed E-state index contributed by atoms with van der Waals surface area (Å²) in [6, 6.07) is 21.8. The van der Waals surface area contributed by atoms with Crippen molar-refractivity contribution in [2.75, 3.05) is 36.2 Å². The average Bonchev–Trinajstić information content (AvgIpc) is 2.90. The molecule has 0 aromatic heterocycles. The van der Waals surface area contributed by atoms with Gasteiger partial charge >= 0.3 is 5.97 Å². The number of rotatable bonds is 8. The SMILES string of the molecule is COc1cccc(NC(=O)CSc2ccccc2C(=O)OCC(=O)N2CCCc3ccccc32)c1. The standard InChI is InChI=1S/C27H26N2O5S/c1-33-21-11-6-10-20(16-21)28-25(30)18-35-24-14-5-3-12-22(24)27(32)34-17-26(31)29-15-7-9-19-8-2-4-13-23(19)29/h2-6,8,10-14,16H,7,9,15,17-18H2,1H3,(H,28,30). The van der Waals surface area contributed by atoms with Gasteiger partial charge in [0.2, 0.25) is 5.91 Å². The first kappa shape index (κ1) is 24.3. The predicted molar refractivity (Wildman–Crippen MR) is 136 cm³/mol. The number of benzene rings is 3. The van der Waals surface area contributed by atoms with Gasteiger partial charge in [-0.15, -0.1) is 11.8 Å². The molecule has 1 aliphatic heterocycles. The lowest BCUT2D eigenvalue weighted by molar-refractivity contribution is -0.121. The highest BCUT2D eigenvalue weighted by molar-refractivity contribution is 8.00. The summed E-state index contributed by atoms with van der Waals surface area (Å²) in [5, 5.41) is 2.81. The molecule has 0 unspecified atom stereocenters. The molecule has 1 aliphatic rings. The highest BCUT2D eigenvalue weighted by atomic mass is 32.2. The number of anilines is 2. The van der Waals surface area contributed by atoms with Crippen LogP contribution in [0.1, 0.15) is 22.3 Å². The Morgan fingerprint density at radius 2 is 1.80 bits per heavy atom. The van der Waals surface area contributed by atoms with E-state index in [-0.39, 0.29) is 24.2 Å². The van der Waals surface area contributed by atoms with Gasteiger partial charge in [0.05, 0.1) is 18.4 Å². The summed E-state index contributed by atoms with van der Waals surface area (Å²) in [7, 11) is 1.56. The zero-order valence-electron chi connectivity index (χ0n) is 19.4. The number of hydrogen-bond donors (Lipinski definition) is 1. The van der Waals surface area contributed by atoms with Crippen LogP contribution in [0.3, 0.4) is 0 Å². The average molecular weight is 491 g/mol. The molecule has 7 nitrogen and oxygen atoms in total. The van der Waals surface area contributed by atoms with Crippen molar-refractivity contribution in [3.63, 3.8) is 0 Å². The lowest BCUT2D eigenvalue weighted by Gasteiger charge is -2.29. The van der Waals surface area contributed by atoms with Crippen molar-refractivity contribution < 1.29 is 23.9 Å². The van der Waals surface area contributed by atoms with Crippen molar-refractivity contribution in [2.45, 2.75) is 17.7 Å². The zero-order valence-corrected chi connectivity index (χ0v) is 20.2. The van der Waals surface area contributed by atoms with Gasteiger partial charge in [-0.1, -0.05) is 36.4 Å². The molecule has 3 aromatic rings. The summed E-state index contributed by atoms with van der Waals surface area (Å²) in [6.45, 7) is 0.255. The molecular formula is C27H26N2O5S. The number of hydrogen-bond acceptors (Lipinski definition) is 6. The van der Waals surface area contributed by atoms with E-state index in [2.05, 4.69) is 5.32 Å². The Morgan fingerprint density at radius 3 is 2.66 bits per heavy atom. The van der Waals surface area contributed by atoms with Crippen LogP contribution in [0.2, 0.25) is 0 Å². The maximum Gasteiger partial charge on any atom is 0.339 e. The topological polar surface area (TPSA) is 84.9 Å². The lowest BCUT2D eigenvalue weighted by Crippen LogP contribution is -2.38. The van der Waals surface area contributed by atoms with E-state index in [0.717, 1.165) is 24.1 Å². The first-order chi connectivity index (χ1) is 17.0. The monoisotopic (exact) mass is 490 g/mol. The van der Waals surface area contributed by atoms with Gasteiger partial charge in [0.25, 0.3) is 5.91 Å². The number of esters is 1. The summed E-state index contributed by atoms with van der Waals surface area (Å²) >= 11 is 1.23. The molecule has 0 aliphatic carbocycles. The predicted octanol–water partition coefficient (Wildman–Crippen LogP) is 4.56. The minimum absolute atomic E-state index is 0.102. The fraction of sp³-hybridized carbons (Fsp3) is 0.222. The Hall–Kier alpha value is -3.78. The molecule has 1 N–H and O–H groups in total. The van der Waals surface area contributed by atoms with E-state index in [9.17, 15) is 14.4 Å². The van der Waals surface area contributed by atoms with Crippen LogP contribution in [-0.4, -0.2) is 43.8 Å². The lowest BCUT2D eigenvalue weighted by atomic mass is 10.0. The van der Waals surface area contributed by atoms with Crippen molar-refractivity contribution in [3.05, 3.63) is 83.9 Å². The number of thioether (sulfide) groups is 1. The molecule has 4 rings (SSSR count). The first-order valence-electron chi connectivity index (χ1n) is 11.3. The highest BCUT2D eigenvalue weighted by Crippen LogP contribution is 2.27. The van der Waals surface area contributed by atoms with Crippen LogP contribution < -0.4 is 15.0 Å². The number of carbonyl (C=O) groups is 3. The van der Waals surface area contributed by atoms with Crippen molar-refractivity contribution in [3.8, 4) is 5.75 Å². The number of amides is 2. The summed E-state index contributed by atoms with van der Waals surface area (Å²) in [5.74, 6) is -0.324. The summed E-state index contributed by atoms with van der Waals surface area (Å²) < 4.78 is 10.5.